The standard InChI is InChI=1S/C24H37BrN2O7/c1-30-23(28)17-20-15-19-3-4-22(34-8-2-5-25)16-21(19)18-27(24(20)29)7-10-32-12-14-33-13-11-31-9-6-26/h3-4,16,20H,2,5-15,17-18,26H2,1H3/t20-/m0/s1. The van der Waals surface area contributed by atoms with Crippen LogP contribution >= 0.6 is 15.9 Å². The minimum Gasteiger partial charge on any atom is -0.494 e. The zero-order valence-corrected chi connectivity index (χ0v) is 21.6. The van der Waals surface area contributed by atoms with Crippen molar-refractivity contribution in [3.63, 3.8) is 0 Å². The summed E-state index contributed by atoms with van der Waals surface area (Å²) in [5, 5.41) is 0.878. The van der Waals surface area contributed by atoms with Crippen molar-refractivity contribution in [3.8, 4) is 5.75 Å². The molecule has 9 nitrogen and oxygen atoms in total. The van der Waals surface area contributed by atoms with Crippen LogP contribution in [0.4, 0.5) is 0 Å². The lowest BCUT2D eigenvalue weighted by molar-refractivity contribution is -0.147. The summed E-state index contributed by atoms with van der Waals surface area (Å²) in [6, 6.07) is 5.91. The number of nitrogens with zero attached hydrogens (tertiary/aromatic N) is 1. The van der Waals surface area contributed by atoms with Gasteiger partial charge in [0.1, 0.15) is 5.75 Å². The van der Waals surface area contributed by atoms with Crippen LogP contribution in [-0.2, 0) is 41.5 Å². The van der Waals surface area contributed by atoms with E-state index in [1.54, 1.807) is 4.90 Å². The first-order valence-corrected chi connectivity index (χ1v) is 12.8. The molecule has 0 radical (unpaired) electrons. The number of fused-ring (bicyclic) bond motifs is 1. The lowest BCUT2D eigenvalue weighted by Crippen LogP contribution is -2.38. The van der Waals surface area contributed by atoms with Gasteiger partial charge in [-0.05, 0) is 36.1 Å². The predicted octanol–water partition coefficient (Wildman–Crippen LogP) is 1.92. The molecule has 0 aromatic heterocycles. The van der Waals surface area contributed by atoms with Gasteiger partial charge in [-0.1, -0.05) is 22.0 Å². The van der Waals surface area contributed by atoms with Crippen molar-refractivity contribution < 1.29 is 33.3 Å². The van der Waals surface area contributed by atoms with Crippen molar-refractivity contribution in [2.45, 2.75) is 25.8 Å². The van der Waals surface area contributed by atoms with E-state index in [2.05, 4.69) is 15.9 Å². The van der Waals surface area contributed by atoms with Crippen molar-refractivity contribution in [2.75, 3.05) is 71.8 Å². The highest BCUT2D eigenvalue weighted by molar-refractivity contribution is 9.09. The molecular weight excluding hydrogens is 508 g/mol. The first kappa shape index (κ1) is 28.5. The van der Waals surface area contributed by atoms with Gasteiger partial charge in [-0.15, -0.1) is 0 Å². The zero-order chi connectivity index (χ0) is 24.6. The van der Waals surface area contributed by atoms with Crippen LogP contribution in [0.3, 0.4) is 0 Å². The van der Waals surface area contributed by atoms with E-state index in [-0.39, 0.29) is 18.3 Å². The largest absolute Gasteiger partial charge is 0.494 e. The molecule has 1 heterocycles. The molecule has 1 atom stereocenters. The third-order valence-electron chi connectivity index (χ3n) is 5.37. The Balaban J connectivity index is 1.92. The Morgan fingerprint density at radius 1 is 1.06 bits per heavy atom. The fraction of sp³-hybridized carbons (Fsp3) is 0.667. The number of hydrogen-bond donors (Lipinski definition) is 1. The molecule has 1 aliphatic rings. The van der Waals surface area contributed by atoms with Crippen molar-refractivity contribution in [2.24, 2.45) is 11.7 Å². The van der Waals surface area contributed by atoms with Crippen LogP contribution in [0.25, 0.3) is 0 Å². The second-order valence-electron chi connectivity index (χ2n) is 7.89. The summed E-state index contributed by atoms with van der Waals surface area (Å²) in [6.45, 7) is 4.73. The van der Waals surface area contributed by atoms with Crippen molar-refractivity contribution >= 4 is 27.8 Å². The number of nitrogens with two attached hydrogens (primary N) is 1. The van der Waals surface area contributed by atoms with E-state index in [4.69, 9.17) is 29.4 Å². The number of benzene rings is 1. The van der Waals surface area contributed by atoms with Crippen molar-refractivity contribution in [1.29, 1.82) is 0 Å². The van der Waals surface area contributed by atoms with Gasteiger partial charge in [0.05, 0.1) is 65.7 Å². The van der Waals surface area contributed by atoms with E-state index in [0.29, 0.717) is 72.3 Å². The number of methoxy groups -OCH3 is 1. The van der Waals surface area contributed by atoms with Crippen LogP contribution in [0.2, 0.25) is 0 Å². The molecule has 34 heavy (non-hydrogen) atoms. The number of halogens is 1. The monoisotopic (exact) mass is 544 g/mol. The first-order chi connectivity index (χ1) is 16.6. The lowest BCUT2D eigenvalue weighted by Gasteiger charge is -2.24. The molecule has 2 N–H and O–H groups in total. The highest BCUT2D eigenvalue weighted by Crippen LogP contribution is 2.28. The first-order valence-electron chi connectivity index (χ1n) is 11.7. The maximum atomic E-state index is 13.2. The highest BCUT2D eigenvalue weighted by atomic mass is 79.9. The molecule has 0 bridgehead atoms. The van der Waals surface area contributed by atoms with Gasteiger partial charge in [0, 0.05) is 25.0 Å². The molecule has 2 rings (SSSR count). The topological polar surface area (TPSA) is 110 Å². The number of alkyl halides is 1. The van der Waals surface area contributed by atoms with Gasteiger partial charge in [-0.2, -0.15) is 0 Å². The Kier molecular flexibility index (Phi) is 14.1. The number of rotatable bonds is 17. The van der Waals surface area contributed by atoms with Gasteiger partial charge in [-0.25, -0.2) is 0 Å². The van der Waals surface area contributed by atoms with Crippen LogP contribution in [0.5, 0.6) is 5.75 Å². The molecule has 1 aliphatic heterocycles. The number of esters is 1. The molecule has 0 fully saturated rings. The summed E-state index contributed by atoms with van der Waals surface area (Å²) >= 11 is 3.40. The van der Waals surface area contributed by atoms with E-state index in [1.807, 2.05) is 18.2 Å². The Labute approximate surface area is 210 Å². The number of ether oxygens (including phenoxy) is 5. The SMILES string of the molecule is COC(=O)C[C@@H]1Cc2ccc(OCCCBr)cc2CN(CCOCCOCCOCCN)C1=O. The fourth-order valence-electron chi connectivity index (χ4n) is 3.61. The van der Waals surface area contributed by atoms with Gasteiger partial charge in [0.15, 0.2) is 0 Å². The zero-order valence-electron chi connectivity index (χ0n) is 20.0. The van der Waals surface area contributed by atoms with Gasteiger partial charge < -0.3 is 34.3 Å². The maximum Gasteiger partial charge on any atom is 0.306 e. The van der Waals surface area contributed by atoms with E-state index in [1.165, 1.54) is 7.11 Å². The molecule has 0 saturated carbocycles. The molecule has 1 aromatic carbocycles. The van der Waals surface area contributed by atoms with Gasteiger partial charge in [-0.3, -0.25) is 9.59 Å². The maximum absolute atomic E-state index is 13.2. The molecule has 192 valence electrons. The van der Waals surface area contributed by atoms with Crippen molar-refractivity contribution in [3.05, 3.63) is 29.3 Å². The summed E-state index contributed by atoms with van der Waals surface area (Å²) in [4.78, 5) is 26.9. The van der Waals surface area contributed by atoms with Gasteiger partial charge in [0.25, 0.3) is 0 Å². The molecule has 0 unspecified atom stereocenters. The minimum atomic E-state index is -0.467. The quantitative estimate of drug-likeness (QED) is 0.180. The van der Waals surface area contributed by atoms with E-state index >= 15 is 0 Å². The van der Waals surface area contributed by atoms with Crippen LogP contribution in [0, 0.1) is 5.92 Å². The molecule has 1 amide bonds. The van der Waals surface area contributed by atoms with E-state index < -0.39 is 5.92 Å². The Hall–Kier alpha value is -1.72. The summed E-state index contributed by atoms with van der Waals surface area (Å²) in [7, 11) is 1.34. The number of hydrogen-bond acceptors (Lipinski definition) is 8. The summed E-state index contributed by atoms with van der Waals surface area (Å²) in [5.41, 5.74) is 7.43. The number of amides is 1. The number of carbonyl (C=O) groups excluding carboxylic acids is 2. The second kappa shape index (κ2) is 16.8. The average Bonchev–Trinajstić information content (AvgIpc) is 2.96. The van der Waals surface area contributed by atoms with Gasteiger partial charge >= 0.3 is 5.97 Å². The third kappa shape index (κ3) is 10.3. The summed E-state index contributed by atoms with van der Waals surface area (Å²) < 4.78 is 27.0. The minimum absolute atomic E-state index is 0.0513. The summed E-state index contributed by atoms with van der Waals surface area (Å²) in [6.07, 6.45) is 1.45. The normalized spacial score (nSPS) is 15.7. The molecule has 0 spiro atoms. The Bertz CT molecular complexity index is 750. The lowest BCUT2D eigenvalue weighted by atomic mass is 9.94. The molecule has 1 aromatic rings. The highest BCUT2D eigenvalue weighted by Gasteiger charge is 2.31. The average molecular weight is 545 g/mol. The van der Waals surface area contributed by atoms with Gasteiger partial charge in [0.2, 0.25) is 5.91 Å². The van der Waals surface area contributed by atoms with Crippen LogP contribution in [0.1, 0.15) is 24.0 Å². The molecule has 0 aliphatic carbocycles. The van der Waals surface area contributed by atoms with E-state index in [0.717, 1.165) is 28.6 Å². The Morgan fingerprint density at radius 2 is 1.76 bits per heavy atom. The molecule has 10 heteroatoms. The van der Waals surface area contributed by atoms with Crippen LogP contribution < -0.4 is 10.5 Å². The fourth-order valence-corrected chi connectivity index (χ4v) is 3.84. The third-order valence-corrected chi connectivity index (χ3v) is 5.93. The smallest absolute Gasteiger partial charge is 0.306 e. The van der Waals surface area contributed by atoms with Crippen LogP contribution in [-0.4, -0.2) is 88.6 Å². The Morgan fingerprint density at radius 3 is 2.44 bits per heavy atom. The second-order valence-corrected chi connectivity index (χ2v) is 8.68. The summed E-state index contributed by atoms with van der Waals surface area (Å²) in [5.74, 6) is -0.145. The van der Waals surface area contributed by atoms with Crippen molar-refractivity contribution in [1.82, 2.24) is 4.90 Å². The predicted molar refractivity (Wildman–Crippen MR) is 131 cm³/mol. The van der Waals surface area contributed by atoms with Crippen LogP contribution in [0.15, 0.2) is 18.2 Å². The van der Waals surface area contributed by atoms with E-state index in [9.17, 15) is 9.59 Å². The molecule has 0 saturated heterocycles. The number of carbonyl (C=O) groups is 2. The molecular formula is C24H37BrN2O7.